The number of hydrogen-bond acceptors (Lipinski definition) is 2. The Morgan fingerprint density at radius 2 is 2.21 bits per heavy atom. The van der Waals surface area contributed by atoms with E-state index < -0.39 is 0 Å². The SMILES string of the molecule is Cc1cc2ccccc2n1CC(=O)N1CCC[C@H](n2ccnc2)C1. The molecule has 0 bridgehead atoms. The van der Waals surface area contributed by atoms with Gasteiger partial charge in [-0.3, -0.25) is 4.79 Å². The van der Waals surface area contributed by atoms with Gasteiger partial charge < -0.3 is 14.0 Å². The second-order valence-corrected chi connectivity index (χ2v) is 6.58. The molecule has 1 aromatic carbocycles. The molecule has 5 nitrogen and oxygen atoms in total. The number of piperidine rings is 1. The second kappa shape index (κ2) is 6.15. The first-order valence-electron chi connectivity index (χ1n) is 8.52. The van der Waals surface area contributed by atoms with Gasteiger partial charge in [-0.05, 0) is 37.3 Å². The van der Waals surface area contributed by atoms with Gasteiger partial charge in [-0.1, -0.05) is 18.2 Å². The zero-order chi connectivity index (χ0) is 16.5. The maximum atomic E-state index is 12.9. The molecular weight excluding hydrogens is 300 g/mol. The van der Waals surface area contributed by atoms with E-state index in [1.807, 2.05) is 29.6 Å². The molecule has 0 N–H and O–H groups in total. The second-order valence-electron chi connectivity index (χ2n) is 6.58. The van der Waals surface area contributed by atoms with E-state index in [4.69, 9.17) is 0 Å². The maximum absolute atomic E-state index is 12.9. The zero-order valence-corrected chi connectivity index (χ0v) is 13.9. The quantitative estimate of drug-likeness (QED) is 0.744. The third-order valence-electron chi connectivity index (χ3n) is 5.01. The summed E-state index contributed by atoms with van der Waals surface area (Å²) in [5, 5.41) is 1.19. The summed E-state index contributed by atoms with van der Waals surface area (Å²) in [6, 6.07) is 10.7. The molecule has 1 atom stereocenters. The number of aryl methyl sites for hydroxylation is 1. The summed E-state index contributed by atoms with van der Waals surface area (Å²) in [4.78, 5) is 19.0. The minimum Gasteiger partial charge on any atom is -0.339 e. The Kier molecular flexibility index (Phi) is 3.84. The molecule has 0 saturated carbocycles. The molecule has 0 unspecified atom stereocenters. The van der Waals surface area contributed by atoms with Crippen molar-refractivity contribution in [1.82, 2.24) is 19.0 Å². The lowest BCUT2D eigenvalue weighted by molar-refractivity contribution is -0.133. The molecule has 3 aromatic rings. The van der Waals surface area contributed by atoms with Gasteiger partial charge in [0.15, 0.2) is 0 Å². The average molecular weight is 322 g/mol. The summed E-state index contributed by atoms with van der Waals surface area (Å²) in [6.07, 6.45) is 7.78. The number of carbonyl (C=O) groups excluding carboxylic acids is 1. The van der Waals surface area contributed by atoms with Gasteiger partial charge in [-0.2, -0.15) is 0 Å². The first kappa shape index (κ1) is 15.0. The van der Waals surface area contributed by atoms with Crippen molar-refractivity contribution in [3.8, 4) is 0 Å². The molecule has 0 spiro atoms. The molecule has 0 radical (unpaired) electrons. The summed E-state index contributed by atoms with van der Waals surface area (Å²) >= 11 is 0. The average Bonchev–Trinajstić information content (AvgIpc) is 3.24. The predicted octanol–water partition coefficient (Wildman–Crippen LogP) is 3.01. The highest BCUT2D eigenvalue weighted by atomic mass is 16.2. The molecule has 1 amide bonds. The number of fused-ring (bicyclic) bond motifs is 1. The van der Waals surface area contributed by atoms with E-state index in [0.29, 0.717) is 12.6 Å². The van der Waals surface area contributed by atoms with Crippen molar-refractivity contribution in [3.63, 3.8) is 0 Å². The number of para-hydroxylation sites is 1. The smallest absolute Gasteiger partial charge is 0.242 e. The Balaban J connectivity index is 1.52. The van der Waals surface area contributed by atoms with Crippen LogP contribution in [0, 0.1) is 6.92 Å². The highest BCUT2D eigenvalue weighted by Crippen LogP contribution is 2.23. The van der Waals surface area contributed by atoms with Crippen LogP contribution in [0.25, 0.3) is 10.9 Å². The Morgan fingerprint density at radius 1 is 1.33 bits per heavy atom. The molecule has 5 heteroatoms. The number of imidazole rings is 1. The molecule has 2 aromatic heterocycles. The van der Waals surface area contributed by atoms with Gasteiger partial charge in [-0.15, -0.1) is 0 Å². The third-order valence-corrected chi connectivity index (χ3v) is 5.01. The van der Waals surface area contributed by atoms with E-state index in [1.165, 1.54) is 5.39 Å². The zero-order valence-electron chi connectivity index (χ0n) is 13.9. The number of benzene rings is 1. The van der Waals surface area contributed by atoms with E-state index in [-0.39, 0.29) is 5.91 Å². The van der Waals surface area contributed by atoms with Crippen LogP contribution in [0.3, 0.4) is 0 Å². The molecule has 1 aliphatic rings. The van der Waals surface area contributed by atoms with E-state index in [0.717, 1.165) is 37.1 Å². The Labute approximate surface area is 141 Å². The number of amides is 1. The number of carbonyl (C=O) groups is 1. The fourth-order valence-electron chi connectivity index (χ4n) is 3.70. The lowest BCUT2D eigenvalue weighted by atomic mass is 10.1. The van der Waals surface area contributed by atoms with Gasteiger partial charge in [0.2, 0.25) is 5.91 Å². The molecule has 1 aliphatic heterocycles. The molecule has 24 heavy (non-hydrogen) atoms. The Bertz CT molecular complexity index is 850. The van der Waals surface area contributed by atoms with Crippen LogP contribution in [0.5, 0.6) is 0 Å². The normalized spacial score (nSPS) is 18.2. The summed E-state index contributed by atoms with van der Waals surface area (Å²) < 4.78 is 4.24. The first-order chi connectivity index (χ1) is 11.7. The monoisotopic (exact) mass is 322 g/mol. The summed E-state index contributed by atoms with van der Waals surface area (Å²) in [6.45, 7) is 4.10. The Morgan fingerprint density at radius 3 is 3.04 bits per heavy atom. The number of nitrogens with zero attached hydrogens (tertiary/aromatic N) is 4. The fourth-order valence-corrected chi connectivity index (χ4v) is 3.70. The molecular formula is C19H22N4O. The fraction of sp³-hybridized carbons (Fsp3) is 0.368. The van der Waals surface area contributed by atoms with Crippen LogP contribution in [0.4, 0.5) is 0 Å². The molecule has 124 valence electrons. The standard InChI is InChI=1S/C19H22N4O/c1-15-11-16-5-2-3-7-18(16)23(15)13-19(24)21-9-4-6-17(12-21)22-10-8-20-14-22/h2-3,5,7-8,10-11,14,17H,4,6,9,12-13H2,1H3/t17-/m0/s1. The molecule has 4 rings (SSSR count). The number of hydrogen-bond donors (Lipinski definition) is 0. The van der Waals surface area contributed by atoms with Crippen LogP contribution in [-0.4, -0.2) is 38.0 Å². The first-order valence-corrected chi connectivity index (χ1v) is 8.52. The van der Waals surface area contributed by atoms with Crippen LogP contribution < -0.4 is 0 Å². The minimum absolute atomic E-state index is 0.198. The third kappa shape index (κ3) is 2.70. The van der Waals surface area contributed by atoms with E-state index in [2.05, 4.69) is 39.2 Å². The van der Waals surface area contributed by atoms with Crippen molar-refractivity contribution < 1.29 is 4.79 Å². The van der Waals surface area contributed by atoms with E-state index in [9.17, 15) is 4.79 Å². The predicted molar refractivity (Wildman–Crippen MR) is 93.8 cm³/mol. The van der Waals surface area contributed by atoms with Crippen LogP contribution in [0.15, 0.2) is 49.1 Å². The molecule has 1 saturated heterocycles. The van der Waals surface area contributed by atoms with Crippen molar-refractivity contribution in [2.45, 2.75) is 32.4 Å². The molecule has 3 heterocycles. The lowest BCUT2D eigenvalue weighted by Crippen LogP contribution is -2.42. The van der Waals surface area contributed by atoms with Crippen LogP contribution in [-0.2, 0) is 11.3 Å². The summed E-state index contributed by atoms with van der Waals surface area (Å²) in [7, 11) is 0. The maximum Gasteiger partial charge on any atom is 0.242 e. The van der Waals surface area contributed by atoms with Gasteiger partial charge in [0.1, 0.15) is 6.54 Å². The Hall–Kier alpha value is -2.56. The topological polar surface area (TPSA) is 43.1 Å². The van der Waals surface area contributed by atoms with Gasteiger partial charge >= 0.3 is 0 Å². The van der Waals surface area contributed by atoms with Gasteiger partial charge in [0.05, 0.1) is 12.4 Å². The summed E-state index contributed by atoms with van der Waals surface area (Å²) in [5.41, 5.74) is 2.26. The van der Waals surface area contributed by atoms with Crippen molar-refractivity contribution in [1.29, 1.82) is 0 Å². The van der Waals surface area contributed by atoms with Crippen LogP contribution >= 0.6 is 0 Å². The minimum atomic E-state index is 0.198. The van der Waals surface area contributed by atoms with Gasteiger partial charge in [-0.25, -0.2) is 4.98 Å². The van der Waals surface area contributed by atoms with Crippen molar-refractivity contribution >= 4 is 16.8 Å². The van der Waals surface area contributed by atoms with Crippen molar-refractivity contribution in [3.05, 3.63) is 54.7 Å². The summed E-state index contributed by atoms with van der Waals surface area (Å²) in [5.74, 6) is 0.198. The number of aromatic nitrogens is 3. The van der Waals surface area contributed by atoms with Crippen LogP contribution in [0.2, 0.25) is 0 Å². The van der Waals surface area contributed by atoms with Crippen molar-refractivity contribution in [2.24, 2.45) is 0 Å². The molecule has 1 fully saturated rings. The van der Waals surface area contributed by atoms with E-state index in [1.54, 1.807) is 6.20 Å². The highest BCUT2D eigenvalue weighted by molar-refractivity contribution is 5.84. The number of likely N-dealkylation sites (tertiary alicyclic amines) is 1. The molecule has 0 aliphatic carbocycles. The lowest BCUT2D eigenvalue weighted by Gasteiger charge is -2.33. The van der Waals surface area contributed by atoms with Crippen molar-refractivity contribution in [2.75, 3.05) is 13.1 Å². The number of rotatable bonds is 3. The van der Waals surface area contributed by atoms with Gasteiger partial charge in [0.25, 0.3) is 0 Å². The largest absolute Gasteiger partial charge is 0.339 e. The van der Waals surface area contributed by atoms with E-state index >= 15 is 0 Å². The van der Waals surface area contributed by atoms with Crippen LogP contribution in [0.1, 0.15) is 24.6 Å². The highest BCUT2D eigenvalue weighted by Gasteiger charge is 2.25. The van der Waals surface area contributed by atoms with Gasteiger partial charge in [0, 0.05) is 36.7 Å².